The summed E-state index contributed by atoms with van der Waals surface area (Å²) in [6, 6.07) is 15.3. The highest BCUT2D eigenvalue weighted by Gasteiger charge is 2.25. The van der Waals surface area contributed by atoms with Crippen LogP contribution in [0.2, 0.25) is 10.0 Å². The van der Waals surface area contributed by atoms with E-state index >= 15 is 0 Å². The first-order chi connectivity index (χ1) is 19.3. The minimum atomic E-state index is -0.242. The molecule has 0 saturated heterocycles. The minimum absolute atomic E-state index is 0.242. The number of aryl methyl sites for hydroxylation is 2. The summed E-state index contributed by atoms with van der Waals surface area (Å²) in [4.78, 5) is 34.9. The van der Waals surface area contributed by atoms with Crippen LogP contribution < -0.4 is 5.56 Å². The molecule has 6 nitrogen and oxygen atoms in total. The minimum Gasteiger partial charge on any atom is -0.334 e. The fourth-order valence-corrected chi connectivity index (χ4v) is 6.53. The molecule has 0 aliphatic heterocycles. The maximum atomic E-state index is 13.7. The van der Waals surface area contributed by atoms with E-state index < -0.39 is 0 Å². The van der Waals surface area contributed by atoms with E-state index in [1.165, 1.54) is 11.8 Å². The van der Waals surface area contributed by atoms with Gasteiger partial charge in [0.05, 0.1) is 21.7 Å². The molecule has 0 amide bonds. The zero-order valence-electron chi connectivity index (χ0n) is 21.6. The number of aromatic nitrogens is 5. The van der Waals surface area contributed by atoms with Crippen LogP contribution in [0, 0.1) is 18.6 Å². The molecule has 0 spiro atoms. The van der Waals surface area contributed by atoms with Crippen molar-refractivity contribution in [3.8, 4) is 11.1 Å². The lowest BCUT2D eigenvalue weighted by atomic mass is 9.84. The van der Waals surface area contributed by atoms with Crippen LogP contribution in [0.1, 0.15) is 41.1 Å². The van der Waals surface area contributed by atoms with Crippen molar-refractivity contribution in [2.75, 3.05) is 0 Å². The molecule has 3 heterocycles. The van der Waals surface area contributed by atoms with Gasteiger partial charge in [-0.3, -0.25) is 4.79 Å². The molecule has 3 aromatic heterocycles. The molecule has 0 unspecified atom stereocenters. The number of rotatable bonds is 4. The first kappa shape index (κ1) is 26.9. The summed E-state index contributed by atoms with van der Waals surface area (Å²) in [5, 5.41) is 2.22. The van der Waals surface area contributed by atoms with Gasteiger partial charge >= 0.3 is 0 Å². The molecular weight excluding hydrogens is 581 g/mol. The Hall–Kier alpha value is -3.30. The van der Waals surface area contributed by atoms with Crippen molar-refractivity contribution in [3.05, 3.63) is 102 Å². The van der Waals surface area contributed by atoms with Crippen LogP contribution in [0.3, 0.4) is 0 Å². The number of benzene rings is 2. The Morgan fingerprint density at radius 1 is 0.925 bits per heavy atom. The molecule has 2 aromatic carbocycles. The number of pyridine rings is 1. The smallest absolute Gasteiger partial charge is 0.261 e. The van der Waals surface area contributed by atoms with E-state index in [1.807, 2.05) is 62.4 Å². The molecule has 40 heavy (non-hydrogen) atoms. The Bertz CT molecular complexity index is 1900. The fourth-order valence-electron chi connectivity index (χ4n) is 5.12. The van der Waals surface area contributed by atoms with Crippen molar-refractivity contribution >= 4 is 69.9 Å². The second-order valence-electron chi connectivity index (χ2n) is 9.65. The van der Waals surface area contributed by atoms with E-state index in [1.54, 1.807) is 0 Å². The average molecular weight is 605 g/mol. The van der Waals surface area contributed by atoms with Gasteiger partial charge in [0.1, 0.15) is 0 Å². The van der Waals surface area contributed by atoms with Gasteiger partial charge in [0.2, 0.25) is 0 Å². The van der Waals surface area contributed by atoms with Crippen molar-refractivity contribution in [3.63, 3.8) is 0 Å². The van der Waals surface area contributed by atoms with Crippen LogP contribution in [0.4, 0.5) is 0 Å². The molecular formula is C30H23Cl2N5OS2. The second-order valence-corrected chi connectivity index (χ2v) is 11.9. The Morgan fingerprint density at radius 2 is 1.62 bits per heavy atom. The van der Waals surface area contributed by atoms with Crippen LogP contribution in [-0.2, 0) is 6.42 Å². The molecule has 0 bridgehead atoms. The summed E-state index contributed by atoms with van der Waals surface area (Å²) in [5.74, 6) is 0. The maximum Gasteiger partial charge on any atom is 0.261 e. The predicted octanol–water partition coefficient (Wildman–Crippen LogP) is 8.39. The first-order valence-electron chi connectivity index (χ1n) is 12.7. The van der Waals surface area contributed by atoms with Crippen molar-refractivity contribution in [2.24, 2.45) is 0 Å². The lowest BCUT2D eigenvalue weighted by molar-refractivity contribution is 0.813. The largest absolute Gasteiger partial charge is 0.334 e. The predicted molar refractivity (Wildman–Crippen MR) is 166 cm³/mol. The van der Waals surface area contributed by atoms with Gasteiger partial charge in [0.25, 0.3) is 5.56 Å². The normalized spacial score (nSPS) is 14.1. The number of H-pyrrole nitrogens is 2. The zero-order valence-corrected chi connectivity index (χ0v) is 24.8. The third-order valence-electron chi connectivity index (χ3n) is 6.89. The van der Waals surface area contributed by atoms with Crippen LogP contribution in [0.5, 0.6) is 0 Å². The monoisotopic (exact) mass is 603 g/mol. The summed E-state index contributed by atoms with van der Waals surface area (Å²) in [6.07, 6.45) is 4.76. The van der Waals surface area contributed by atoms with Gasteiger partial charge < -0.3 is 9.97 Å². The summed E-state index contributed by atoms with van der Waals surface area (Å²) >= 11 is 18.9. The van der Waals surface area contributed by atoms with Gasteiger partial charge in [-0.1, -0.05) is 47.5 Å². The first-order valence-corrected chi connectivity index (χ1v) is 14.7. The Morgan fingerprint density at radius 3 is 2.33 bits per heavy atom. The van der Waals surface area contributed by atoms with Gasteiger partial charge in [-0.2, -0.15) is 0 Å². The number of hydrogen-bond acceptors (Lipinski definition) is 6. The van der Waals surface area contributed by atoms with E-state index in [0.717, 1.165) is 69.1 Å². The molecule has 0 fully saturated rings. The lowest BCUT2D eigenvalue weighted by Crippen LogP contribution is -2.16. The highest BCUT2D eigenvalue weighted by molar-refractivity contribution is 7.99. The van der Waals surface area contributed by atoms with E-state index in [0.29, 0.717) is 31.0 Å². The number of allylic oxidation sites excluding steroid dienone is 1. The van der Waals surface area contributed by atoms with Crippen LogP contribution in [-0.4, -0.2) is 24.9 Å². The molecule has 6 rings (SSSR count). The quantitative estimate of drug-likeness (QED) is 0.158. The third kappa shape index (κ3) is 5.24. The highest BCUT2D eigenvalue weighted by atomic mass is 35.5. The summed E-state index contributed by atoms with van der Waals surface area (Å²) in [5.41, 5.74) is 7.58. The number of halogens is 2. The number of aromatic amines is 2. The lowest BCUT2D eigenvalue weighted by Gasteiger charge is -2.23. The molecule has 5 aromatic rings. The molecule has 1 aliphatic carbocycles. The van der Waals surface area contributed by atoms with Crippen molar-refractivity contribution in [1.82, 2.24) is 24.9 Å². The molecule has 10 heteroatoms. The van der Waals surface area contributed by atoms with Crippen LogP contribution >= 0.6 is 47.2 Å². The zero-order chi connectivity index (χ0) is 28.0. The second kappa shape index (κ2) is 10.9. The summed E-state index contributed by atoms with van der Waals surface area (Å²) in [7, 11) is 0. The van der Waals surface area contributed by atoms with Crippen molar-refractivity contribution in [2.45, 2.75) is 43.2 Å². The standard InChI is InChI=1S/C30H23Cl2N5OS2/c1-15-26(16(2)34-29(39)33-15)40-30-36-27-24(28(38)37-30)23(18-8-12-21(32)13-9-18)22-5-3-4-19(25(22)35-27)14-17-6-10-20(31)11-7-17/h6-14H,3-5H2,1-2H3,(H,33,34,39)(H,35,36,37,38)/b19-14+. The van der Waals surface area contributed by atoms with Crippen molar-refractivity contribution in [1.29, 1.82) is 0 Å². The maximum absolute atomic E-state index is 13.7. The van der Waals surface area contributed by atoms with Gasteiger partial charge in [0, 0.05) is 21.3 Å². The average Bonchev–Trinajstić information content (AvgIpc) is 2.92. The molecule has 1 aliphatic rings. The number of nitrogens with zero attached hydrogens (tertiary/aromatic N) is 3. The molecule has 2 N–H and O–H groups in total. The van der Waals surface area contributed by atoms with Gasteiger partial charge in [-0.25, -0.2) is 15.0 Å². The number of nitrogens with one attached hydrogen (secondary N) is 2. The van der Waals surface area contributed by atoms with Crippen LogP contribution in [0.15, 0.2) is 63.4 Å². The van der Waals surface area contributed by atoms with Crippen molar-refractivity contribution < 1.29 is 0 Å². The number of hydrogen-bond donors (Lipinski definition) is 2. The number of fused-ring (bicyclic) bond motifs is 2. The fraction of sp³-hybridized carbons (Fsp3) is 0.167. The Kier molecular flexibility index (Phi) is 7.35. The summed E-state index contributed by atoms with van der Waals surface area (Å²) < 4.78 is 0.417. The van der Waals surface area contributed by atoms with E-state index in [4.69, 9.17) is 45.4 Å². The molecule has 0 radical (unpaired) electrons. The third-order valence-corrected chi connectivity index (χ3v) is 8.78. The van der Waals surface area contributed by atoms with E-state index in [-0.39, 0.29) is 5.56 Å². The topological polar surface area (TPSA) is 87.3 Å². The molecule has 0 atom stereocenters. The van der Waals surface area contributed by atoms with Crippen LogP contribution in [0.25, 0.3) is 33.8 Å². The summed E-state index contributed by atoms with van der Waals surface area (Å²) in [6.45, 7) is 3.81. The molecule has 200 valence electrons. The van der Waals surface area contributed by atoms with E-state index in [9.17, 15) is 4.79 Å². The van der Waals surface area contributed by atoms with E-state index in [2.05, 4.69) is 21.0 Å². The SMILES string of the molecule is Cc1nc(=S)[nH]c(C)c1Sc1nc2nc3c(c(-c4ccc(Cl)cc4)c2c(=O)[nH]1)CCC/C3=C\c1ccc(Cl)cc1. The Labute approximate surface area is 249 Å². The van der Waals surface area contributed by atoms with Gasteiger partial charge in [0.15, 0.2) is 15.6 Å². The molecule has 0 saturated carbocycles. The highest BCUT2D eigenvalue weighted by Crippen LogP contribution is 2.40. The van der Waals surface area contributed by atoms with Gasteiger partial charge in [-0.05, 0) is 110 Å². The Balaban J connectivity index is 1.59. The van der Waals surface area contributed by atoms with Gasteiger partial charge in [-0.15, -0.1) is 0 Å².